The quantitative estimate of drug-likeness (QED) is 0.894. The average molecular weight is 254 g/mol. The molecule has 4 heteroatoms. The first-order valence-electron chi connectivity index (χ1n) is 5.81. The summed E-state index contributed by atoms with van der Waals surface area (Å²) < 4.78 is 0. The molecule has 2 rings (SSSR count). The standard InChI is InChI=1S/C13H16ClNO2/c1-9-6-10(8-11(14)7-9)13(17)15(4-5-16)12-2-3-12/h6-8,12,16H,2-5H2,1H3. The summed E-state index contributed by atoms with van der Waals surface area (Å²) in [5.41, 5.74) is 1.58. The fourth-order valence-corrected chi connectivity index (χ4v) is 2.26. The average Bonchev–Trinajstić information content (AvgIpc) is 3.07. The molecular weight excluding hydrogens is 238 g/mol. The third-order valence-electron chi connectivity index (χ3n) is 2.88. The topological polar surface area (TPSA) is 40.5 Å². The van der Waals surface area contributed by atoms with Crippen LogP contribution in [0.5, 0.6) is 0 Å². The van der Waals surface area contributed by atoms with E-state index in [1.807, 2.05) is 19.1 Å². The molecular formula is C13H16ClNO2. The van der Waals surface area contributed by atoms with Crippen molar-refractivity contribution in [2.75, 3.05) is 13.2 Å². The number of halogens is 1. The highest BCUT2D eigenvalue weighted by Gasteiger charge is 2.32. The van der Waals surface area contributed by atoms with E-state index in [0.29, 0.717) is 23.2 Å². The van der Waals surface area contributed by atoms with E-state index in [-0.39, 0.29) is 12.5 Å². The van der Waals surface area contributed by atoms with E-state index in [0.717, 1.165) is 18.4 Å². The van der Waals surface area contributed by atoms with Crippen LogP contribution in [0.3, 0.4) is 0 Å². The summed E-state index contributed by atoms with van der Waals surface area (Å²) >= 11 is 5.95. The van der Waals surface area contributed by atoms with E-state index < -0.39 is 0 Å². The maximum Gasteiger partial charge on any atom is 0.254 e. The molecule has 1 aromatic rings. The first kappa shape index (κ1) is 12.4. The molecule has 1 aromatic carbocycles. The maximum atomic E-state index is 12.3. The fraction of sp³-hybridized carbons (Fsp3) is 0.462. The third-order valence-corrected chi connectivity index (χ3v) is 3.10. The second-order valence-corrected chi connectivity index (χ2v) is 4.91. The molecule has 3 nitrogen and oxygen atoms in total. The first-order chi connectivity index (χ1) is 8.11. The molecule has 0 bridgehead atoms. The monoisotopic (exact) mass is 253 g/mol. The van der Waals surface area contributed by atoms with Crippen LogP contribution in [0, 0.1) is 6.92 Å². The summed E-state index contributed by atoms with van der Waals surface area (Å²) in [6.07, 6.45) is 2.07. The van der Waals surface area contributed by atoms with Gasteiger partial charge in [0.25, 0.3) is 5.91 Å². The van der Waals surface area contributed by atoms with Crippen molar-refractivity contribution in [1.82, 2.24) is 4.90 Å². The van der Waals surface area contributed by atoms with Crippen LogP contribution in [0.25, 0.3) is 0 Å². The Bertz CT molecular complexity index is 409. The number of rotatable bonds is 4. The Balaban J connectivity index is 2.21. The molecule has 0 radical (unpaired) electrons. The summed E-state index contributed by atoms with van der Waals surface area (Å²) in [6.45, 7) is 2.31. The molecule has 92 valence electrons. The first-order valence-corrected chi connectivity index (χ1v) is 6.18. The second-order valence-electron chi connectivity index (χ2n) is 4.47. The summed E-state index contributed by atoms with van der Waals surface area (Å²) in [7, 11) is 0. The summed E-state index contributed by atoms with van der Waals surface area (Å²) in [6, 6.07) is 5.64. The molecule has 0 heterocycles. The van der Waals surface area contributed by atoms with Gasteiger partial charge in [-0.1, -0.05) is 11.6 Å². The molecule has 0 aromatic heterocycles. The Hall–Kier alpha value is -1.06. The number of aliphatic hydroxyl groups excluding tert-OH is 1. The molecule has 1 aliphatic rings. The number of nitrogens with zero attached hydrogens (tertiary/aromatic N) is 1. The molecule has 1 saturated carbocycles. The third kappa shape index (κ3) is 2.99. The van der Waals surface area contributed by atoms with Gasteiger partial charge in [0.05, 0.1) is 6.61 Å². The molecule has 1 amide bonds. The van der Waals surface area contributed by atoms with Crippen molar-refractivity contribution in [2.45, 2.75) is 25.8 Å². The predicted molar refractivity (Wildman–Crippen MR) is 67.3 cm³/mol. The van der Waals surface area contributed by atoms with Crippen LogP contribution in [0.2, 0.25) is 5.02 Å². The molecule has 1 aliphatic carbocycles. The SMILES string of the molecule is Cc1cc(Cl)cc(C(=O)N(CCO)C2CC2)c1. The van der Waals surface area contributed by atoms with Gasteiger partial charge in [-0.2, -0.15) is 0 Å². The lowest BCUT2D eigenvalue weighted by atomic mass is 10.1. The smallest absolute Gasteiger partial charge is 0.254 e. The van der Waals surface area contributed by atoms with E-state index in [2.05, 4.69) is 0 Å². The van der Waals surface area contributed by atoms with Gasteiger partial charge < -0.3 is 10.0 Å². The van der Waals surface area contributed by atoms with Gasteiger partial charge in [0, 0.05) is 23.2 Å². The van der Waals surface area contributed by atoms with Gasteiger partial charge in [-0.05, 0) is 43.5 Å². The number of aryl methyl sites for hydroxylation is 1. The van der Waals surface area contributed by atoms with Gasteiger partial charge in [0.1, 0.15) is 0 Å². The van der Waals surface area contributed by atoms with E-state index in [1.54, 1.807) is 11.0 Å². The molecule has 0 aliphatic heterocycles. The van der Waals surface area contributed by atoms with Gasteiger partial charge in [-0.25, -0.2) is 0 Å². The number of aliphatic hydroxyl groups is 1. The van der Waals surface area contributed by atoms with Gasteiger partial charge in [-0.3, -0.25) is 4.79 Å². The van der Waals surface area contributed by atoms with Crippen molar-refractivity contribution in [2.24, 2.45) is 0 Å². The van der Waals surface area contributed by atoms with E-state index >= 15 is 0 Å². The minimum Gasteiger partial charge on any atom is -0.395 e. The minimum atomic E-state index is -0.0350. The van der Waals surface area contributed by atoms with Gasteiger partial charge in [0.15, 0.2) is 0 Å². The van der Waals surface area contributed by atoms with Crippen molar-refractivity contribution in [1.29, 1.82) is 0 Å². The number of hydrogen-bond donors (Lipinski definition) is 1. The lowest BCUT2D eigenvalue weighted by molar-refractivity contribution is 0.0707. The number of carbonyl (C=O) groups excluding carboxylic acids is 1. The highest BCUT2D eigenvalue weighted by molar-refractivity contribution is 6.31. The van der Waals surface area contributed by atoms with E-state index in [9.17, 15) is 4.79 Å². The van der Waals surface area contributed by atoms with Gasteiger partial charge >= 0.3 is 0 Å². The molecule has 0 saturated heterocycles. The Morgan fingerprint density at radius 2 is 2.18 bits per heavy atom. The predicted octanol–water partition coefficient (Wildman–Crippen LogP) is 2.25. The Kier molecular flexibility index (Phi) is 3.69. The van der Waals surface area contributed by atoms with Crippen molar-refractivity contribution in [3.63, 3.8) is 0 Å². The van der Waals surface area contributed by atoms with Crippen molar-refractivity contribution < 1.29 is 9.90 Å². The Morgan fingerprint density at radius 1 is 1.47 bits per heavy atom. The zero-order valence-electron chi connectivity index (χ0n) is 9.82. The highest BCUT2D eigenvalue weighted by atomic mass is 35.5. The van der Waals surface area contributed by atoms with Crippen LogP contribution < -0.4 is 0 Å². The van der Waals surface area contributed by atoms with Crippen LogP contribution >= 0.6 is 11.6 Å². The number of amides is 1. The van der Waals surface area contributed by atoms with Gasteiger partial charge in [0.2, 0.25) is 0 Å². The van der Waals surface area contributed by atoms with Crippen molar-refractivity contribution >= 4 is 17.5 Å². The van der Waals surface area contributed by atoms with Gasteiger partial charge in [-0.15, -0.1) is 0 Å². The van der Waals surface area contributed by atoms with E-state index in [1.165, 1.54) is 0 Å². The minimum absolute atomic E-state index is 0.00177. The molecule has 0 spiro atoms. The number of hydrogen-bond acceptors (Lipinski definition) is 2. The number of carbonyl (C=O) groups is 1. The largest absolute Gasteiger partial charge is 0.395 e. The maximum absolute atomic E-state index is 12.3. The van der Waals surface area contributed by atoms with Crippen LogP contribution in [0.1, 0.15) is 28.8 Å². The second kappa shape index (κ2) is 5.07. The summed E-state index contributed by atoms with van der Waals surface area (Å²) in [4.78, 5) is 14.0. The molecule has 1 N–H and O–H groups in total. The Labute approximate surface area is 106 Å². The normalized spacial score (nSPS) is 14.8. The van der Waals surface area contributed by atoms with Crippen molar-refractivity contribution in [3.8, 4) is 0 Å². The van der Waals surface area contributed by atoms with E-state index in [4.69, 9.17) is 16.7 Å². The summed E-state index contributed by atoms with van der Waals surface area (Å²) in [5, 5.41) is 9.58. The molecule has 0 atom stereocenters. The molecule has 0 unspecified atom stereocenters. The van der Waals surface area contributed by atoms with Crippen LogP contribution in [0.4, 0.5) is 0 Å². The lowest BCUT2D eigenvalue weighted by Gasteiger charge is -2.21. The van der Waals surface area contributed by atoms with Crippen LogP contribution in [-0.2, 0) is 0 Å². The molecule has 1 fully saturated rings. The lowest BCUT2D eigenvalue weighted by Crippen LogP contribution is -2.35. The Morgan fingerprint density at radius 3 is 2.71 bits per heavy atom. The molecule has 17 heavy (non-hydrogen) atoms. The zero-order valence-corrected chi connectivity index (χ0v) is 10.6. The van der Waals surface area contributed by atoms with Crippen LogP contribution in [0.15, 0.2) is 18.2 Å². The summed E-state index contributed by atoms with van der Waals surface area (Å²) in [5.74, 6) is -0.0350. The zero-order chi connectivity index (χ0) is 12.4. The van der Waals surface area contributed by atoms with Crippen LogP contribution in [-0.4, -0.2) is 35.1 Å². The van der Waals surface area contributed by atoms with Crippen molar-refractivity contribution in [3.05, 3.63) is 34.3 Å². The highest BCUT2D eigenvalue weighted by Crippen LogP contribution is 2.28. The number of benzene rings is 1. The fourth-order valence-electron chi connectivity index (χ4n) is 1.97.